The molecule has 5 nitrogen and oxygen atoms in total. The minimum Gasteiger partial charge on any atom is -0.333 e. The number of imidazole rings is 1. The molecular weight excluding hydrogens is 463 g/mol. The maximum atomic E-state index is 13.6. The van der Waals surface area contributed by atoms with Gasteiger partial charge in [0.1, 0.15) is 12.6 Å². The minimum absolute atomic E-state index is 0.0122. The number of alkyl halides is 3. The molecule has 3 atom stereocenters. The lowest BCUT2D eigenvalue weighted by Crippen LogP contribution is -2.71. The first-order valence-electron chi connectivity index (χ1n) is 11.3. The summed E-state index contributed by atoms with van der Waals surface area (Å²) in [6, 6.07) is 10.2. The van der Waals surface area contributed by atoms with Crippen LogP contribution < -0.4 is 0 Å². The van der Waals surface area contributed by atoms with E-state index in [0.29, 0.717) is 43.5 Å². The number of halogens is 3. The number of fused-ring (bicyclic) bond motifs is 1. The van der Waals surface area contributed by atoms with Crippen molar-refractivity contribution in [1.82, 2.24) is 9.55 Å². The lowest BCUT2D eigenvalue weighted by atomic mass is 9.97. The van der Waals surface area contributed by atoms with Crippen LogP contribution in [0.2, 0.25) is 0 Å². The van der Waals surface area contributed by atoms with Crippen LogP contribution >= 0.6 is 0 Å². The fourth-order valence-corrected chi connectivity index (χ4v) is 7.54. The zero-order chi connectivity index (χ0) is 24.3. The van der Waals surface area contributed by atoms with Crippen molar-refractivity contribution in [3.63, 3.8) is 0 Å². The van der Waals surface area contributed by atoms with E-state index in [1.807, 2.05) is 24.3 Å². The van der Waals surface area contributed by atoms with E-state index in [0.717, 1.165) is 16.7 Å². The van der Waals surface area contributed by atoms with Crippen LogP contribution in [-0.4, -0.2) is 46.7 Å². The highest BCUT2D eigenvalue weighted by atomic mass is 32.2. The molecule has 1 fully saturated rings. The fourth-order valence-electron chi connectivity index (χ4n) is 5.48. The second kappa shape index (κ2) is 7.95. The first kappa shape index (κ1) is 23.1. The van der Waals surface area contributed by atoms with Crippen molar-refractivity contribution >= 4 is 10.0 Å². The Morgan fingerprint density at radius 3 is 2.44 bits per heavy atom. The van der Waals surface area contributed by atoms with E-state index < -0.39 is 21.8 Å². The van der Waals surface area contributed by atoms with Gasteiger partial charge in [0.15, 0.2) is 5.25 Å². The van der Waals surface area contributed by atoms with Crippen molar-refractivity contribution < 1.29 is 25.5 Å². The molecule has 2 heterocycles. The summed E-state index contributed by atoms with van der Waals surface area (Å²) < 4.78 is 67.8. The van der Waals surface area contributed by atoms with Crippen molar-refractivity contribution in [2.24, 2.45) is 0 Å². The molecule has 2 aliphatic rings. The fraction of sp³-hybridized carbons (Fsp3) is 0.400. The molecule has 0 radical (unpaired) electrons. The second-order valence-corrected chi connectivity index (χ2v) is 12.5. The Labute approximate surface area is 197 Å². The lowest BCUT2D eigenvalue weighted by molar-refractivity contribution is -0.830. The number of likely N-dealkylation sites (N-methyl/N-ethyl adjacent to an activating group) is 1. The Kier molecular flexibility index (Phi) is 5.40. The molecule has 0 amide bonds. The van der Waals surface area contributed by atoms with Crippen LogP contribution in [0.15, 0.2) is 55.1 Å². The van der Waals surface area contributed by atoms with Gasteiger partial charge in [-0.1, -0.05) is 24.3 Å². The monoisotopic (exact) mass is 490 g/mol. The number of rotatable bonds is 5. The van der Waals surface area contributed by atoms with Crippen LogP contribution in [0.3, 0.4) is 0 Å². The van der Waals surface area contributed by atoms with E-state index in [1.54, 1.807) is 37.3 Å². The Hall–Kier alpha value is -2.65. The van der Waals surface area contributed by atoms with Crippen molar-refractivity contribution in [3.05, 3.63) is 88.5 Å². The molecule has 180 valence electrons. The summed E-state index contributed by atoms with van der Waals surface area (Å²) in [7, 11) is -1.38. The van der Waals surface area contributed by atoms with Crippen LogP contribution in [0.5, 0.6) is 0 Å². The highest BCUT2D eigenvalue weighted by molar-refractivity contribution is 7.87. The predicted molar refractivity (Wildman–Crippen MR) is 123 cm³/mol. The molecular formula is C25H27F3N3O2S+. The summed E-state index contributed by atoms with van der Waals surface area (Å²) in [6.07, 6.45) is 2.22. The van der Waals surface area contributed by atoms with Crippen molar-refractivity contribution in [1.29, 1.82) is 0 Å². The van der Waals surface area contributed by atoms with E-state index in [1.165, 1.54) is 12.1 Å². The zero-order valence-electron chi connectivity index (χ0n) is 19.1. The average molecular weight is 491 g/mol. The standard InChI is InChI=1S/C25H27F3N3O2S/c1-17-15-31(2,34(17,32)33)24-12-21-4-3-18(9-22(21)13-24)7-19-8-20(14-30-6-5-29-16-30)11-23(10-19)25(26,27)28/h3-6,8-11,16-17,24H,7,12-15H2,1-2H3/q+1/t17?,24-,31?/m0/s1. The molecule has 5 rings (SSSR count). The predicted octanol–water partition coefficient (Wildman–Crippen LogP) is 4.19. The summed E-state index contributed by atoms with van der Waals surface area (Å²) in [5, 5.41) is -0.311. The number of benzene rings is 2. The topological polar surface area (TPSA) is 52.0 Å². The zero-order valence-corrected chi connectivity index (χ0v) is 19.9. The third kappa shape index (κ3) is 3.94. The van der Waals surface area contributed by atoms with Crippen molar-refractivity contribution in [3.8, 4) is 0 Å². The largest absolute Gasteiger partial charge is 0.416 e. The summed E-state index contributed by atoms with van der Waals surface area (Å²) in [5.74, 6) is 0. The Bertz CT molecular complexity index is 1340. The second-order valence-electron chi connectivity index (χ2n) is 9.80. The van der Waals surface area contributed by atoms with E-state index >= 15 is 0 Å². The summed E-state index contributed by atoms with van der Waals surface area (Å²) >= 11 is 0. The van der Waals surface area contributed by atoms with Gasteiger partial charge in [-0.15, -0.1) is 0 Å². The molecule has 0 saturated carbocycles. The molecule has 0 bridgehead atoms. The molecule has 1 aliphatic heterocycles. The Morgan fingerprint density at radius 1 is 1.06 bits per heavy atom. The van der Waals surface area contributed by atoms with Gasteiger partial charge in [-0.3, -0.25) is 0 Å². The Morgan fingerprint density at radius 2 is 1.79 bits per heavy atom. The molecule has 1 aliphatic carbocycles. The molecule has 1 saturated heterocycles. The molecule has 2 unspecified atom stereocenters. The third-order valence-corrected chi connectivity index (χ3v) is 10.2. The highest BCUT2D eigenvalue weighted by Crippen LogP contribution is 2.40. The van der Waals surface area contributed by atoms with Crippen LogP contribution in [-0.2, 0) is 42.0 Å². The molecule has 2 aromatic carbocycles. The number of quaternary nitrogens is 1. The van der Waals surface area contributed by atoms with E-state index in [-0.39, 0.29) is 15.2 Å². The number of sulfonamides is 1. The van der Waals surface area contributed by atoms with Gasteiger partial charge in [0.25, 0.3) is 0 Å². The van der Waals surface area contributed by atoms with Crippen LogP contribution in [0.1, 0.15) is 40.3 Å². The van der Waals surface area contributed by atoms with Crippen LogP contribution in [0.25, 0.3) is 0 Å². The van der Waals surface area contributed by atoms with Gasteiger partial charge < -0.3 is 4.57 Å². The first-order chi connectivity index (χ1) is 16.0. The van der Waals surface area contributed by atoms with Crippen molar-refractivity contribution in [2.75, 3.05) is 13.6 Å². The van der Waals surface area contributed by atoms with Crippen LogP contribution in [0.4, 0.5) is 13.2 Å². The molecule has 9 heteroatoms. The van der Waals surface area contributed by atoms with Gasteiger partial charge in [0, 0.05) is 31.8 Å². The minimum atomic E-state index is -4.43. The van der Waals surface area contributed by atoms with Crippen molar-refractivity contribution in [2.45, 2.75) is 50.2 Å². The Balaban J connectivity index is 1.39. The summed E-state index contributed by atoms with van der Waals surface area (Å²) in [4.78, 5) is 3.96. The van der Waals surface area contributed by atoms with Gasteiger partial charge in [-0.2, -0.15) is 21.6 Å². The van der Waals surface area contributed by atoms with E-state index in [9.17, 15) is 21.6 Å². The van der Waals surface area contributed by atoms with Gasteiger partial charge in [0.05, 0.1) is 18.9 Å². The third-order valence-electron chi connectivity index (χ3n) is 7.38. The maximum Gasteiger partial charge on any atom is 0.416 e. The number of aromatic nitrogens is 2. The molecule has 34 heavy (non-hydrogen) atoms. The van der Waals surface area contributed by atoms with E-state index in [4.69, 9.17) is 0 Å². The molecule has 3 aromatic rings. The summed E-state index contributed by atoms with van der Waals surface area (Å²) in [6.45, 7) is 2.69. The van der Waals surface area contributed by atoms with Gasteiger partial charge >= 0.3 is 16.2 Å². The SMILES string of the molecule is CC1C[N+](C)([C@H]2Cc3ccc(Cc4cc(Cn5ccnc5)cc(C(F)(F)F)c4)cc3C2)S1(=O)=O. The maximum absolute atomic E-state index is 13.6. The number of hydrogen-bond donors (Lipinski definition) is 0. The quantitative estimate of drug-likeness (QED) is 0.504. The lowest BCUT2D eigenvalue weighted by Gasteiger charge is -2.48. The van der Waals surface area contributed by atoms with Gasteiger partial charge in [-0.25, -0.2) is 8.87 Å². The first-order valence-corrected chi connectivity index (χ1v) is 12.8. The summed E-state index contributed by atoms with van der Waals surface area (Å²) in [5.41, 5.74) is 3.66. The molecule has 0 spiro atoms. The van der Waals surface area contributed by atoms with Crippen LogP contribution in [0, 0.1) is 0 Å². The van der Waals surface area contributed by atoms with Gasteiger partial charge in [0.2, 0.25) is 0 Å². The average Bonchev–Trinajstić information content (AvgIpc) is 3.42. The molecule has 1 aromatic heterocycles. The normalized spacial score (nSPS) is 25.7. The highest BCUT2D eigenvalue weighted by Gasteiger charge is 2.59. The van der Waals surface area contributed by atoms with Gasteiger partial charge in [-0.05, 0) is 53.3 Å². The molecule has 0 N–H and O–H groups in total. The smallest absolute Gasteiger partial charge is 0.333 e. The van der Waals surface area contributed by atoms with E-state index in [2.05, 4.69) is 4.98 Å². The number of hydrogen-bond acceptors (Lipinski definition) is 3. The number of nitrogens with zero attached hydrogens (tertiary/aromatic N) is 3.